The molecule has 3 aromatic rings. The lowest BCUT2D eigenvalue weighted by Gasteiger charge is -2.12. The fourth-order valence-electron chi connectivity index (χ4n) is 2.66. The lowest BCUT2D eigenvalue weighted by atomic mass is 10.1. The molecule has 0 aliphatic carbocycles. The Morgan fingerprint density at radius 3 is 2.63 bits per heavy atom. The maximum absolute atomic E-state index is 12.4. The predicted molar refractivity (Wildman–Crippen MR) is 110 cm³/mol. The third-order valence-electron chi connectivity index (χ3n) is 4.28. The molecule has 0 fully saturated rings. The first-order valence-corrected chi connectivity index (χ1v) is 9.86. The Morgan fingerprint density at radius 2 is 1.89 bits per heavy atom. The quantitative estimate of drug-likeness (QED) is 0.628. The Bertz CT molecular complexity index is 957. The Balaban J connectivity index is 1.66. The van der Waals surface area contributed by atoms with Gasteiger partial charge in [0, 0.05) is 24.2 Å². The molecule has 0 saturated heterocycles. The summed E-state index contributed by atoms with van der Waals surface area (Å²) in [5.41, 5.74) is 3.07. The van der Waals surface area contributed by atoms with Gasteiger partial charge in [0.25, 0.3) is 0 Å². The van der Waals surface area contributed by atoms with Crippen LogP contribution < -0.4 is 5.32 Å². The summed E-state index contributed by atoms with van der Waals surface area (Å²) in [4.78, 5) is 12.4. The summed E-state index contributed by atoms with van der Waals surface area (Å²) in [5, 5.41) is 12.5. The van der Waals surface area contributed by atoms with Gasteiger partial charge in [0.15, 0.2) is 11.0 Å². The second kappa shape index (κ2) is 8.59. The molecule has 1 atom stereocenters. The number of halogens is 1. The monoisotopic (exact) mass is 400 g/mol. The molecule has 0 radical (unpaired) electrons. The normalized spacial score (nSPS) is 12.0. The van der Waals surface area contributed by atoms with Crippen LogP contribution >= 0.6 is 23.4 Å². The number of nitrogens with one attached hydrogen (secondary N) is 1. The molecule has 0 aliphatic heterocycles. The minimum absolute atomic E-state index is 0.0691. The van der Waals surface area contributed by atoms with Crippen molar-refractivity contribution in [1.82, 2.24) is 20.1 Å². The largest absolute Gasteiger partial charge is 0.351 e. The Morgan fingerprint density at radius 1 is 1.19 bits per heavy atom. The summed E-state index contributed by atoms with van der Waals surface area (Å²) < 4.78 is 1.92. The summed E-state index contributed by atoms with van der Waals surface area (Å²) in [7, 11) is 1.92. The first-order valence-electron chi connectivity index (χ1n) is 8.60. The second-order valence-corrected chi connectivity index (χ2v) is 7.96. The number of thioether (sulfide) groups is 1. The van der Waals surface area contributed by atoms with Crippen LogP contribution in [0.3, 0.4) is 0 Å². The van der Waals surface area contributed by atoms with Gasteiger partial charge in [0.1, 0.15) is 0 Å². The van der Waals surface area contributed by atoms with Crippen LogP contribution in [0, 0.1) is 6.92 Å². The zero-order chi connectivity index (χ0) is 19.4. The van der Waals surface area contributed by atoms with E-state index in [0.29, 0.717) is 16.7 Å². The highest BCUT2D eigenvalue weighted by Crippen LogP contribution is 2.27. The fourth-order valence-corrected chi connectivity index (χ4v) is 3.70. The standard InChI is InChI=1S/C20H21ClN4OS/c1-13-8-4-6-10-16(13)18-23-24-20(25(18)3)27-14(2)19(26)22-12-15-9-5-7-11-17(15)21/h4-11,14H,12H2,1-3H3,(H,22,26)/t14-/m0/s1. The van der Waals surface area contributed by atoms with Crippen molar-refractivity contribution in [3.63, 3.8) is 0 Å². The van der Waals surface area contributed by atoms with Crippen LogP contribution in [0.5, 0.6) is 0 Å². The summed E-state index contributed by atoms with van der Waals surface area (Å²) in [5.74, 6) is 0.722. The van der Waals surface area contributed by atoms with E-state index >= 15 is 0 Å². The predicted octanol–water partition coefficient (Wildman–Crippen LogP) is 4.24. The maximum atomic E-state index is 12.4. The van der Waals surface area contributed by atoms with Crippen molar-refractivity contribution in [1.29, 1.82) is 0 Å². The molecule has 0 saturated carbocycles. The van der Waals surface area contributed by atoms with Crippen molar-refractivity contribution >= 4 is 29.3 Å². The van der Waals surface area contributed by atoms with Gasteiger partial charge in [-0.15, -0.1) is 10.2 Å². The van der Waals surface area contributed by atoms with Gasteiger partial charge in [0.2, 0.25) is 5.91 Å². The third kappa shape index (κ3) is 4.51. The molecule has 3 rings (SSSR count). The molecule has 140 valence electrons. The summed E-state index contributed by atoms with van der Waals surface area (Å²) in [6, 6.07) is 15.5. The van der Waals surface area contributed by atoms with Crippen molar-refractivity contribution in [3.05, 3.63) is 64.7 Å². The number of benzene rings is 2. The van der Waals surface area contributed by atoms with Crippen LogP contribution in [0.2, 0.25) is 5.02 Å². The average Bonchev–Trinajstić information content (AvgIpc) is 3.01. The van der Waals surface area contributed by atoms with Gasteiger partial charge in [-0.1, -0.05) is 65.8 Å². The van der Waals surface area contributed by atoms with Crippen molar-refractivity contribution < 1.29 is 4.79 Å². The summed E-state index contributed by atoms with van der Waals surface area (Å²) in [6.45, 7) is 4.30. The zero-order valence-electron chi connectivity index (χ0n) is 15.4. The minimum atomic E-state index is -0.305. The van der Waals surface area contributed by atoms with Crippen LogP contribution in [-0.2, 0) is 18.4 Å². The number of carbonyl (C=O) groups excluding carboxylic acids is 1. The molecule has 27 heavy (non-hydrogen) atoms. The number of aryl methyl sites for hydroxylation is 1. The van der Waals surface area contributed by atoms with Crippen molar-refractivity contribution in [2.24, 2.45) is 7.05 Å². The number of hydrogen-bond acceptors (Lipinski definition) is 4. The molecule has 1 amide bonds. The molecular weight excluding hydrogens is 380 g/mol. The molecule has 0 bridgehead atoms. The second-order valence-electron chi connectivity index (χ2n) is 6.25. The molecular formula is C20H21ClN4OS. The number of amides is 1. The molecule has 1 heterocycles. The van der Waals surface area contributed by atoms with Gasteiger partial charge in [-0.2, -0.15) is 0 Å². The first kappa shape index (κ1) is 19.5. The van der Waals surface area contributed by atoms with Crippen molar-refractivity contribution in [2.45, 2.75) is 30.8 Å². The molecule has 0 aliphatic rings. The van der Waals surface area contributed by atoms with Gasteiger partial charge < -0.3 is 9.88 Å². The van der Waals surface area contributed by atoms with E-state index in [4.69, 9.17) is 11.6 Å². The molecule has 0 unspecified atom stereocenters. The van der Waals surface area contributed by atoms with Gasteiger partial charge >= 0.3 is 0 Å². The Kier molecular flexibility index (Phi) is 6.19. The topological polar surface area (TPSA) is 59.8 Å². The van der Waals surface area contributed by atoms with Crippen molar-refractivity contribution in [2.75, 3.05) is 0 Å². The molecule has 1 N–H and O–H groups in total. The minimum Gasteiger partial charge on any atom is -0.351 e. The molecule has 7 heteroatoms. The first-order chi connectivity index (χ1) is 13.0. The van der Waals surface area contributed by atoms with E-state index in [1.165, 1.54) is 11.8 Å². The number of nitrogens with zero attached hydrogens (tertiary/aromatic N) is 3. The lowest BCUT2D eigenvalue weighted by molar-refractivity contribution is -0.120. The van der Waals surface area contributed by atoms with Gasteiger partial charge in [-0.25, -0.2) is 0 Å². The molecule has 0 spiro atoms. The fraction of sp³-hybridized carbons (Fsp3) is 0.250. The van der Waals surface area contributed by atoms with Gasteiger partial charge in [-0.05, 0) is 31.0 Å². The van der Waals surface area contributed by atoms with Crippen LogP contribution in [0.15, 0.2) is 53.7 Å². The van der Waals surface area contributed by atoms with Crippen LogP contribution in [0.1, 0.15) is 18.1 Å². The van der Waals surface area contributed by atoms with E-state index in [0.717, 1.165) is 22.5 Å². The number of aromatic nitrogens is 3. The van der Waals surface area contributed by atoms with Crippen molar-refractivity contribution in [3.8, 4) is 11.4 Å². The lowest BCUT2D eigenvalue weighted by Crippen LogP contribution is -2.30. The molecule has 5 nitrogen and oxygen atoms in total. The average molecular weight is 401 g/mol. The third-order valence-corrected chi connectivity index (χ3v) is 5.79. The van der Waals surface area contributed by atoms with E-state index in [9.17, 15) is 4.79 Å². The van der Waals surface area contributed by atoms with E-state index in [1.807, 2.05) is 74.0 Å². The highest BCUT2D eigenvalue weighted by atomic mass is 35.5. The van der Waals surface area contributed by atoms with Crippen LogP contribution in [0.25, 0.3) is 11.4 Å². The highest BCUT2D eigenvalue weighted by molar-refractivity contribution is 8.00. The van der Waals surface area contributed by atoms with Crippen LogP contribution in [0.4, 0.5) is 0 Å². The summed E-state index contributed by atoms with van der Waals surface area (Å²) >= 11 is 7.52. The molecule has 2 aromatic carbocycles. The smallest absolute Gasteiger partial charge is 0.233 e. The maximum Gasteiger partial charge on any atom is 0.233 e. The van der Waals surface area contributed by atoms with E-state index in [-0.39, 0.29) is 11.2 Å². The number of hydrogen-bond donors (Lipinski definition) is 1. The van der Waals surface area contributed by atoms with Gasteiger partial charge in [0.05, 0.1) is 5.25 Å². The zero-order valence-corrected chi connectivity index (χ0v) is 17.0. The number of rotatable bonds is 6. The summed E-state index contributed by atoms with van der Waals surface area (Å²) in [6.07, 6.45) is 0. The highest BCUT2D eigenvalue weighted by Gasteiger charge is 2.19. The number of carbonyl (C=O) groups is 1. The Labute approximate surface area is 168 Å². The SMILES string of the molecule is Cc1ccccc1-c1nnc(S[C@@H](C)C(=O)NCc2ccccc2Cl)n1C. The van der Waals surface area contributed by atoms with E-state index < -0.39 is 0 Å². The van der Waals surface area contributed by atoms with Crippen LogP contribution in [-0.4, -0.2) is 25.9 Å². The van der Waals surface area contributed by atoms with E-state index in [2.05, 4.69) is 15.5 Å². The molecule has 1 aromatic heterocycles. The van der Waals surface area contributed by atoms with Gasteiger partial charge in [-0.3, -0.25) is 4.79 Å². The Hall–Kier alpha value is -2.31. The van der Waals surface area contributed by atoms with E-state index in [1.54, 1.807) is 0 Å².